The highest BCUT2D eigenvalue weighted by Gasteiger charge is 2.32. The lowest BCUT2D eigenvalue weighted by atomic mass is 10.2. The molecule has 0 bridgehead atoms. The van der Waals surface area contributed by atoms with Gasteiger partial charge in [0.25, 0.3) is 0 Å². The molecule has 0 spiro atoms. The molecule has 1 heterocycles. The van der Waals surface area contributed by atoms with Crippen molar-refractivity contribution >= 4 is 0 Å². The molecule has 1 fully saturated rings. The fourth-order valence-corrected chi connectivity index (χ4v) is 2.92. The van der Waals surface area contributed by atoms with Crippen LogP contribution in [0.4, 0.5) is 0 Å². The summed E-state index contributed by atoms with van der Waals surface area (Å²) in [4.78, 5) is 5.26. The van der Waals surface area contributed by atoms with Crippen LogP contribution in [0.3, 0.4) is 0 Å². The van der Waals surface area contributed by atoms with Crippen LogP contribution in [-0.4, -0.2) is 30.1 Å². The molecule has 1 saturated heterocycles. The molecule has 2 aromatic carbocycles. The van der Waals surface area contributed by atoms with E-state index in [9.17, 15) is 0 Å². The van der Waals surface area contributed by atoms with Gasteiger partial charge in [-0.25, -0.2) is 0 Å². The molecule has 2 aromatic rings. The van der Waals surface area contributed by atoms with E-state index < -0.39 is 0 Å². The lowest BCUT2D eigenvalue weighted by molar-refractivity contribution is 0.0383. The molecular formula is C18H20N4O. The summed E-state index contributed by atoms with van der Waals surface area (Å²) in [5.74, 6) is 0. The molecular weight excluding hydrogens is 288 g/mol. The van der Waals surface area contributed by atoms with Crippen molar-refractivity contribution in [3.63, 3.8) is 0 Å². The second-order valence-electron chi connectivity index (χ2n) is 5.79. The summed E-state index contributed by atoms with van der Waals surface area (Å²) < 4.78 is 6.02. The average molecular weight is 308 g/mol. The zero-order valence-corrected chi connectivity index (χ0v) is 13.0. The summed E-state index contributed by atoms with van der Waals surface area (Å²) in [7, 11) is 0. The number of nitrogens with zero attached hydrogens (tertiary/aromatic N) is 4. The second-order valence-corrected chi connectivity index (χ2v) is 5.79. The van der Waals surface area contributed by atoms with Gasteiger partial charge >= 0.3 is 0 Å². The van der Waals surface area contributed by atoms with Crippen LogP contribution in [0, 0.1) is 0 Å². The van der Waals surface area contributed by atoms with E-state index in [1.165, 1.54) is 5.56 Å². The molecule has 0 radical (unpaired) electrons. The van der Waals surface area contributed by atoms with E-state index in [1.807, 2.05) is 48.5 Å². The first kappa shape index (κ1) is 15.6. The predicted octanol–water partition coefficient (Wildman–Crippen LogP) is 3.77. The first-order valence-electron chi connectivity index (χ1n) is 7.81. The summed E-state index contributed by atoms with van der Waals surface area (Å²) in [5, 5.41) is 3.92. The molecule has 0 N–H and O–H groups in total. The molecule has 3 rings (SSSR count). The number of ether oxygens (including phenoxy) is 1. The molecule has 5 heteroatoms. The molecule has 0 aliphatic carbocycles. The number of benzene rings is 2. The number of rotatable bonds is 6. The summed E-state index contributed by atoms with van der Waals surface area (Å²) in [6.07, 6.45) is -0.0604. The van der Waals surface area contributed by atoms with E-state index in [0.29, 0.717) is 6.61 Å². The van der Waals surface area contributed by atoms with Crippen LogP contribution in [0.15, 0.2) is 65.8 Å². The Bertz CT molecular complexity index is 655. The summed E-state index contributed by atoms with van der Waals surface area (Å²) in [5.41, 5.74) is 11.2. The zero-order chi connectivity index (χ0) is 15.9. The second kappa shape index (κ2) is 7.79. The molecule has 5 nitrogen and oxygen atoms in total. The minimum absolute atomic E-state index is 0.0604. The third-order valence-corrected chi connectivity index (χ3v) is 4.07. The molecule has 0 unspecified atom stereocenters. The van der Waals surface area contributed by atoms with Crippen molar-refractivity contribution in [2.45, 2.75) is 25.3 Å². The van der Waals surface area contributed by atoms with Gasteiger partial charge in [-0.2, -0.15) is 0 Å². The van der Waals surface area contributed by atoms with E-state index in [4.69, 9.17) is 10.3 Å². The molecule has 1 aliphatic rings. The molecule has 0 amide bonds. The number of hydrogen-bond donors (Lipinski definition) is 0. The first-order chi connectivity index (χ1) is 11.3. The summed E-state index contributed by atoms with van der Waals surface area (Å²) >= 11 is 0. The Morgan fingerprint density at radius 3 is 2.30 bits per heavy atom. The van der Waals surface area contributed by atoms with Crippen molar-refractivity contribution in [2.75, 3.05) is 13.1 Å². The summed E-state index contributed by atoms with van der Waals surface area (Å²) in [6, 6.07) is 20.3. The van der Waals surface area contributed by atoms with Crippen molar-refractivity contribution < 1.29 is 4.74 Å². The Balaban J connectivity index is 1.60. The van der Waals surface area contributed by atoms with Gasteiger partial charge in [-0.05, 0) is 16.7 Å². The van der Waals surface area contributed by atoms with Gasteiger partial charge in [0.1, 0.15) is 0 Å². The predicted molar refractivity (Wildman–Crippen MR) is 89.7 cm³/mol. The van der Waals surface area contributed by atoms with Gasteiger partial charge < -0.3 is 4.74 Å². The third kappa shape index (κ3) is 4.33. The monoisotopic (exact) mass is 308 g/mol. The summed E-state index contributed by atoms with van der Waals surface area (Å²) in [6.45, 7) is 2.91. The Kier molecular flexibility index (Phi) is 5.27. The van der Waals surface area contributed by atoms with E-state index in [2.05, 4.69) is 27.1 Å². The lowest BCUT2D eigenvalue weighted by Crippen LogP contribution is -2.25. The minimum Gasteiger partial charge on any atom is -0.372 e. The SMILES string of the molecule is [N-]=[N+]=N[C@@H]1CN(Cc2ccccc2)C[C@H]1OCc1ccccc1. The fourth-order valence-electron chi connectivity index (χ4n) is 2.92. The molecule has 0 aromatic heterocycles. The highest BCUT2D eigenvalue weighted by molar-refractivity contribution is 5.15. The molecule has 0 saturated carbocycles. The van der Waals surface area contributed by atoms with E-state index in [0.717, 1.165) is 25.2 Å². The van der Waals surface area contributed by atoms with E-state index >= 15 is 0 Å². The number of likely N-dealkylation sites (tertiary alicyclic amines) is 1. The van der Waals surface area contributed by atoms with Crippen molar-refractivity contribution in [3.05, 3.63) is 82.2 Å². The maximum atomic E-state index is 8.79. The van der Waals surface area contributed by atoms with Crippen LogP contribution in [-0.2, 0) is 17.9 Å². The first-order valence-corrected chi connectivity index (χ1v) is 7.81. The number of hydrogen-bond acceptors (Lipinski definition) is 3. The van der Waals surface area contributed by atoms with Crippen LogP contribution in [0.25, 0.3) is 10.4 Å². The van der Waals surface area contributed by atoms with Gasteiger partial charge in [-0.15, -0.1) is 0 Å². The zero-order valence-electron chi connectivity index (χ0n) is 13.0. The maximum absolute atomic E-state index is 8.79. The van der Waals surface area contributed by atoms with Crippen LogP contribution < -0.4 is 0 Å². The molecule has 2 atom stereocenters. The highest BCUT2D eigenvalue weighted by atomic mass is 16.5. The normalized spacial score (nSPS) is 21.0. The van der Waals surface area contributed by atoms with Gasteiger partial charge in [0, 0.05) is 24.5 Å². The maximum Gasteiger partial charge on any atom is 0.0803 e. The quantitative estimate of drug-likeness (QED) is 0.463. The smallest absolute Gasteiger partial charge is 0.0803 e. The van der Waals surface area contributed by atoms with Gasteiger partial charge in [0.05, 0.1) is 18.8 Å². The van der Waals surface area contributed by atoms with E-state index in [-0.39, 0.29) is 12.1 Å². The average Bonchev–Trinajstić information content (AvgIpc) is 2.97. The molecule has 1 aliphatic heterocycles. The van der Waals surface area contributed by atoms with Crippen LogP contribution in [0.2, 0.25) is 0 Å². The topological polar surface area (TPSA) is 61.2 Å². The minimum atomic E-state index is -0.132. The van der Waals surface area contributed by atoms with Crippen LogP contribution in [0.5, 0.6) is 0 Å². The van der Waals surface area contributed by atoms with Crippen molar-refractivity contribution in [3.8, 4) is 0 Å². The Morgan fingerprint density at radius 1 is 1.00 bits per heavy atom. The van der Waals surface area contributed by atoms with Crippen molar-refractivity contribution in [1.29, 1.82) is 0 Å². The molecule has 23 heavy (non-hydrogen) atoms. The Morgan fingerprint density at radius 2 is 1.65 bits per heavy atom. The lowest BCUT2D eigenvalue weighted by Gasteiger charge is -2.16. The largest absolute Gasteiger partial charge is 0.372 e. The molecule has 118 valence electrons. The van der Waals surface area contributed by atoms with Crippen LogP contribution >= 0.6 is 0 Å². The fraction of sp³-hybridized carbons (Fsp3) is 0.333. The van der Waals surface area contributed by atoms with Gasteiger partial charge in [0.15, 0.2) is 0 Å². The van der Waals surface area contributed by atoms with Crippen LogP contribution in [0.1, 0.15) is 11.1 Å². The van der Waals surface area contributed by atoms with Gasteiger partial charge in [0.2, 0.25) is 0 Å². The third-order valence-electron chi connectivity index (χ3n) is 4.07. The van der Waals surface area contributed by atoms with E-state index in [1.54, 1.807) is 0 Å². The standard InChI is InChI=1S/C18H20N4O/c19-21-20-17-12-22(11-15-7-3-1-4-8-15)13-18(17)23-14-16-9-5-2-6-10-16/h1-10,17-18H,11-14H2/t17-,18-/m1/s1. The van der Waals surface area contributed by atoms with Gasteiger partial charge in [-0.3, -0.25) is 4.90 Å². The van der Waals surface area contributed by atoms with Crippen molar-refractivity contribution in [2.24, 2.45) is 5.11 Å². The number of azide groups is 1. The van der Waals surface area contributed by atoms with Gasteiger partial charge in [-0.1, -0.05) is 65.8 Å². The van der Waals surface area contributed by atoms with Crippen molar-refractivity contribution in [1.82, 2.24) is 4.90 Å². The Hall–Kier alpha value is -2.33. The Labute approximate surface area is 136 Å². The highest BCUT2D eigenvalue weighted by Crippen LogP contribution is 2.20.